The van der Waals surface area contributed by atoms with Crippen molar-refractivity contribution in [3.63, 3.8) is 0 Å². The van der Waals surface area contributed by atoms with Crippen LogP contribution in [-0.2, 0) is 6.42 Å². The van der Waals surface area contributed by atoms with Crippen molar-refractivity contribution in [2.45, 2.75) is 26.3 Å². The molecule has 3 heteroatoms. The molecule has 0 aromatic heterocycles. The number of ether oxygens (including phenoxy) is 1. The highest BCUT2D eigenvalue weighted by Crippen LogP contribution is 2.20. The number of halogens is 1. The lowest BCUT2D eigenvalue weighted by Gasteiger charge is -2.16. The third-order valence-electron chi connectivity index (χ3n) is 3.16. The molecule has 1 N–H and O–H groups in total. The zero-order chi connectivity index (χ0) is 14.5. The van der Waals surface area contributed by atoms with Crippen molar-refractivity contribution in [3.05, 3.63) is 58.1 Å². The molecule has 0 fully saturated rings. The highest BCUT2D eigenvalue weighted by Gasteiger charge is 2.05. The molecule has 0 amide bonds. The Morgan fingerprint density at radius 2 is 1.85 bits per heavy atom. The summed E-state index contributed by atoms with van der Waals surface area (Å²) in [5, 5.41) is 3.54. The molecular weight excluding hydrogens is 314 g/mol. The van der Waals surface area contributed by atoms with Crippen molar-refractivity contribution < 1.29 is 4.74 Å². The molecule has 2 rings (SSSR count). The van der Waals surface area contributed by atoms with Crippen LogP contribution in [0.4, 0.5) is 5.69 Å². The fourth-order valence-corrected chi connectivity index (χ4v) is 2.88. The van der Waals surface area contributed by atoms with Crippen molar-refractivity contribution in [1.29, 1.82) is 0 Å². The van der Waals surface area contributed by atoms with Crippen LogP contribution in [0.5, 0.6) is 5.75 Å². The zero-order valence-corrected chi connectivity index (χ0v) is 13.7. The number of methoxy groups -OCH3 is 1. The second kappa shape index (κ2) is 6.80. The van der Waals surface area contributed by atoms with E-state index in [4.69, 9.17) is 4.74 Å². The van der Waals surface area contributed by atoms with Crippen LogP contribution in [0.3, 0.4) is 0 Å². The average molecular weight is 334 g/mol. The van der Waals surface area contributed by atoms with Gasteiger partial charge in [-0.05, 0) is 61.7 Å². The van der Waals surface area contributed by atoms with E-state index < -0.39 is 0 Å². The van der Waals surface area contributed by atoms with Gasteiger partial charge in [-0.15, -0.1) is 0 Å². The van der Waals surface area contributed by atoms with Gasteiger partial charge in [0.2, 0.25) is 0 Å². The van der Waals surface area contributed by atoms with E-state index in [0.29, 0.717) is 6.04 Å². The van der Waals surface area contributed by atoms with Gasteiger partial charge >= 0.3 is 0 Å². The van der Waals surface area contributed by atoms with E-state index in [2.05, 4.69) is 65.4 Å². The molecule has 2 aromatic carbocycles. The molecule has 2 nitrogen and oxygen atoms in total. The topological polar surface area (TPSA) is 21.3 Å². The Bertz CT molecular complexity index is 545. The van der Waals surface area contributed by atoms with Crippen LogP contribution < -0.4 is 10.1 Å². The summed E-state index contributed by atoms with van der Waals surface area (Å²) in [6, 6.07) is 15.0. The number of hydrogen-bond acceptors (Lipinski definition) is 2. The van der Waals surface area contributed by atoms with Crippen LogP contribution in [0.15, 0.2) is 46.9 Å². The molecule has 1 unspecified atom stereocenters. The number of aryl methyl sites for hydroxylation is 1. The molecule has 0 aliphatic carbocycles. The zero-order valence-electron chi connectivity index (χ0n) is 12.1. The maximum atomic E-state index is 5.18. The minimum atomic E-state index is 0.372. The van der Waals surface area contributed by atoms with Gasteiger partial charge in [0.15, 0.2) is 0 Å². The number of hydrogen-bond donors (Lipinski definition) is 1. The second-order valence-electron chi connectivity index (χ2n) is 5.11. The molecule has 0 saturated carbocycles. The Labute approximate surface area is 129 Å². The molecule has 20 heavy (non-hydrogen) atoms. The highest BCUT2D eigenvalue weighted by atomic mass is 79.9. The van der Waals surface area contributed by atoms with Crippen LogP contribution in [0.1, 0.15) is 18.1 Å². The van der Waals surface area contributed by atoms with Gasteiger partial charge in [-0.3, -0.25) is 0 Å². The summed E-state index contributed by atoms with van der Waals surface area (Å²) in [6.07, 6.45) is 0.982. The standard InChI is InChI=1S/C17H20BrNO/c1-12-8-15(18)11-16(9-12)19-13(2)10-14-4-6-17(20-3)7-5-14/h4-9,11,13,19H,10H2,1-3H3. The first-order valence-electron chi connectivity index (χ1n) is 6.73. The largest absolute Gasteiger partial charge is 0.497 e. The van der Waals surface area contributed by atoms with Gasteiger partial charge in [0.1, 0.15) is 5.75 Å². The SMILES string of the molecule is COc1ccc(CC(C)Nc2cc(C)cc(Br)c2)cc1. The smallest absolute Gasteiger partial charge is 0.118 e. The van der Waals surface area contributed by atoms with E-state index in [9.17, 15) is 0 Å². The van der Waals surface area contributed by atoms with E-state index in [-0.39, 0.29) is 0 Å². The summed E-state index contributed by atoms with van der Waals surface area (Å²) in [5.41, 5.74) is 3.70. The first-order valence-corrected chi connectivity index (χ1v) is 7.53. The molecule has 0 heterocycles. The van der Waals surface area contributed by atoms with Gasteiger partial charge in [0.05, 0.1) is 7.11 Å². The number of nitrogens with one attached hydrogen (secondary N) is 1. The minimum absolute atomic E-state index is 0.372. The maximum absolute atomic E-state index is 5.18. The lowest BCUT2D eigenvalue weighted by Crippen LogP contribution is -2.18. The van der Waals surface area contributed by atoms with E-state index in [1.54, 1.807) is 7.11 Å². The van der Waals surface area contributed by atoms with Gasteiger partial charge in [-0.1, -0.05) is 28.1 Å². The Balaban J connectivity index is 1.98. The van der Waals surface area contributed by atoms with Crippen LogP contribution in [0, 0.1) is 6.92 Å². The Morgan fingerprint density at radius 3 is 2.45 bits per heavy atom. The van der Waals surface area contributed by atoms with Crippen molar-refractivity contribution in [2.75, 3.05) is 12.4 Å². The molecule has 2 aromatic rings. The molecule has 0 radical (unpaired) electrons. The van der Waals surface area contributed by atoms with Gasteiger partial charge in [-0.2, -0.15) is 0 Å². The van der Waals surface area contributed by atoms with Gasteiger partial charge in [0, 0.05) is 16.2 Å². The summed E-state index contributed by atoms with van der Waals surface area (Å²) in [7, 11) is 1.69. The Kier molecular flexibility index (Phi) is 5.07. The van der Waals surface area contributed by atoms with Crippen molar-refractivity contribution in [1.82, 2.24) is 0 Å². The van der Waals surface area contributed by atoms with E-state index in [0.717, 1.165) is 22.3 Å². The molecule has 106 valence electrons. The summed E-state index contributed by atoms with van der Waals surface area (Å²) < 4.78 is 6.28. The summed E-state index contributed by atoms with van der Waals surface area (Å²) in [6.45, 7) is 4.30. The van der Waals surface area contributed by atoms with E-state index >= 15 is 0 Å². The van der Waals surface area contributed by atoms with Gasteiger partial charge in [0.25, 0.3) is 0 Å². The fourth-order valence-electron chi connectivity index (χ4n) is 2.27. The Morgan fingerprint density at radius 1 is 1.15 bits per heavy atom. The van der Waals surface area contributed by atoms with Crippen molar-refractivity contribution in [2.24, 2.45) is 0 Å². The fraction of sp³-hybridized carbons (Fsp3) is 0.294. The molecule has 0 aliphatic rings. The van der Waals surface area contributed by atoms with Crippen molar-refractivity contribution >= 4 is 21.6 Å². The first-order chi connectivity index (χ1) is 9.56. The molecular formula is C17H20BrNO. The lowest BCUT2D eigenvalue weighted by molar-refractivity contribution is 0.414. The van der Waals surface area contributed by atoms with E-state index in [1.807, 2.05) is 12.1 Å². The molecule has 1 atom stereocenters. The van der Waals surface area contributed by atoms with Gasteiger partial charge in [-0.25, -0.2) is 0 Å². The average Bonchev–Trinajstić information content (AvgIpc) is 2.38. The Hall–Kier alpha value is -1.48. The summed E-state index contributed by atoms with van der Waals surface area (Å²) >= 11 is 3.53. The normalized spacial score (nSPS) is 12.0. The first kappa shape index (κ1) is 14.9. The molecule has 0 bridgehead atoms. The monoisotopic (exact) mass is 333 g/mol. The number of anilines is 1. The maximum Gasteiger partial charge on any atom is 0.118 e. The molecule has 0 aliphatic heterocycles. The third kappa shape index (κ3) is 4.27. The quantitative estimate of drug-likeness (QED) is 0.847. The van der Waals surface area contributed by atoms with Gasteiger partial charge < -0.3 is 10.1 Å². The third-order valence-corrected chi connectivity index (χ3v) is 3.61. The van der Waals surface area contributed by atoms with Crippen LogP contribution in [0.2, 0.25) is 0 Å². The van der Waals surface area contributed by atoms with Crippen LogP contribution in [0.25, 0.3) is 0 Å². The van der Waals surface area contributed by atoms with E-state index in [1.165, 1.54) is 11.1 Å². The lowest BCUT2D eigenvalue weighted by atomic mass is 10.1. The molecule has 0 spiro atoms. The van der Waals surface area contributed by atoms with Crippen LogP contribution in [-0.4, -0.2) is 13.2 Å². The number of rotatable bonds is 5. The summed E-state index contributed by atoms with van der Waals surface area (Å²) in [4.78, 5) is 0. The highest BCUT2D eigenvalue weighted by molar-refractivity contribution is 9.10. The molecule has 0 saturated heterocycles. The second-order valence-corrected chi connectivity index (χ2v) is 6.03. The summed E-state index contributed by atoms with van der Waals surface area (Å²) in [5.74, 6) is 0.900. The van der Waals surface area contributed by atoms with Crippen molar-refractivity contribution in [3.8, 4) is 5.75 Å². The number of benzene rings is 2. The van der Waals surface area contributed by atoms with Crippen LogP contribution >= 0.6 is 15.9 Å². The predicted molar refractivity (Wildman–Crippen MR) is 88.7 cm³/mol. The minimum Gasteiger partial charge on any atom is -0.497 e. The predicted octanol–water partition coefficient (Wildman–Crippen LogP) is 4.81.